The number of imide groups is 1. The minimum atomic E-state index is -0.679. The van der Waals surface area contributed by atoms with Crippen molar-refractivity contribution >= 4 is 23.4 Å². The van der Waals surface area contributed by atoms with Crippen molar-refractivity contribution in [2.75, 3.05) is 45.3 Å². The number of nitrogens with zero attached hydrogens (tertiary/aromatic N) is 3. The van der Waals surface area contributed by atoms with E-state index in [1.165, 1.54) is 37.7 Å². The minimum Gasteiger partial charge on any atom is -0.493 e. The lowest BCUT2D eigenvalue weighted by Gasteiger charge is -2.39. The van der Waals surface area contributed by atoms with E-state index in [0.29, 0.717) is 34.2 Å². The van der Waals surface area contributed by atoms with Crippen molar-refractivity contribution in [2.45, 2.75) is 50.6 Å². The number of fused-ring (bicyclic) bond motifs is 1. The van der Waals surface area contributed by atoms with E-state index in [-0.39, 0.29) is 24.7 Å². The highest BCUT2D eigenvalue weighted by molar-refractivity contribution is 6.24. The number of ether oxygens (including phenoxy) is 2. The number of hydrogen-bond acceptors (Lipinski definition) is 7. The van der Waals surface area contributed by atoms with Crippen LogP contribution in [0.25, 0.3) is 0 Å². The van der Waals surface area contributed by atoms with Crippen LogP contribution >= 0.6 is 0 Å². The van der Waals surface area contributed by atoms with E-state index in [9.17, 15) is 14.4 Å². The van der Waals surface area contributed by atoms with Gasteiger partial charge in [-0.1, -0.05) is 25.0 Å². The molecule has 202 valence electrons. The van der Waals surface area contributed by atoms with Crippen molar-refractivity contribution in [1.29, 1.82) is 0 Å². The number of piperazine rings is 1. The first-order valence-electron chi connectivity index (χ1n) is 13.4. The second-order valence-electron chi connectivity index (χ2n) is 10.3. The van der Waals surface area contributed by atoms with E-state index in [2.05, 4.69) is 9.80 Å². The molecule has 1 unspecified atom stereocenters. The Morgan fingerprint density at radius 2 is 1.68 bits per heavy atom. The minimum absolute atomic E-state index is 0.0302. The lowest BCUT2D eigenvalue weighted by atomic mass is 9.99. The normalized spacial score (nSPS) is 19.1. The smallest absolute Gasteiger partial charge is 0.264 e. The summed E-state index contributed by atoms with van der Waals surface area (Å²) in [5.41, 5.74) is 7.78. The third kappa shape index (κ3) is 4.82. The summed E-state index contributed by atoms with van der Waals surface area (Å²) in [7, 11) is 3.07. The van der Waals surface area contributed by atoms with Crippen LogP contribution in [0, 0.1) is 0 Å². The highest BCUT2D eigenvalue weighted by Crippen LogP contribution is 2.40. The Bertz CT molecular complexity index is 1220. The summed E-state index contributed by atoms with van der Waals surface area (Å²) in [6, 6.07) is 10.8. The van der Waals surface area contributed by atoms with Gasteiger partial charge in [0.05, 0.1) is 37.1 Å². The van der Waals surface area contributed by atoms with Crippen molar-refractivity contribution < 1.29 is 23.9 Å². The molecule has 0 radical (unpaired) electrons. The quantitative estimate of drug-likeness (QED) is 0.506. The Balaban J connectivity index is 1.44. The number of anilines is 1. The van der Waals surface area contributed by atoms with E-state index in [4.69, 9.17) is 15.2 Å². The Hall–Kier alpha value is -3.59. The molecule has 9 nitrogen and oxygen atoms in total. The fourth-order valence-electron chi connectivity index (χ4n) is 6.21. The highest BCUT2D eigenvalue weighted by Gasteiger charge is 2.43. The first kappa shape index (κ1) is 26.0. The van der Waals surface area contributed by atoms with Crippen LogP contribution < -0.4 is 20.1 Å². The van der Waals surface area contributed by atoms with Crippen LogP contribution in [-0.2, 0) is 4.79 Å². The van der Waals surface area contributed by atoms with Gasteiger partial charge < -0.3 is 20.1 Å². The van der Waals surface area contributed by atoms with Crippen LogP contribution in [0.1, 0.15) is 70.8 Å². The number of carbonyl (C=O) groups is 3. The second-order valence-corrected chi connectivity index (χ2v) is 10.3. The van der Waals surface area contributed by atoms with E-state index in [1.54, 1.807) is 31.4 Å². The molecule has 2 N–H and O–H groups in total. The van der Waals surface area contributed by atoms with Crippen molar-refractivity contribution in [3.63, 3.8) is 0 Å². The molecule has 0 aromatic heterocycles. The van der Waals surface area contributed by atoms with Gasteiger partial charge in [0.15, 0.2) is 11.5 Å². The molecule has 2 aromatic rings. The molecular formula is C29H36N4O5. The summed E-state index contributed by atoms with van der Waals surface area (Å²) in [6.07, 6.45) is 5.39. The first-order chi connectivity index (χ1) is 18.4. The number of methoxy groups -OCH3 is 2. The van der Waals surface area contributed by atoms with Gasteiger partial charge >= 0.3 is 0 Å². The lowest BCUT2D eigenvalue weighted by molar-refractivity contribution is -0.118. The van der Waals surface area contributed by atoms with Crippen molar-refractivity contribution in [3.05, 3.63) is 53.1 Å². The molecule has 1 atom stereocenters. The standard InChI is InChI=1S/C29H36N4O5/c1-37-24-12-10-19(18-25(24)38-2)22(11-13-26(30)34)33-28(35)21-8-5-9-23(27(21)29(33)36)32-16-14-31(15-17-32)20-6-3-4-7-20/h5,8-10,12,18,20,22H,3-4,6-7,11,13-17H2,1-2H3,(H2,30,34). The second kappa shape index (κ2) is 11.0. The molecule has 0 bridgehead atoms. The van der Waals surface area contributed by atoms with Gasteiger partial charge in [0.1, 0.15) is 0 Å². The zero-order chi connectivity index (χ0) is 26.8. The average Bonchev–Trinajstić information content (AvgIpc) is 3.56. The molecule has 1 aliphatic carbocycles. The molecule has 2 heterocycles. The van der Waals surface area contributed by atoms with Crippen molar-refractivity contribution in [3.8, 4) is 11.5 Å². The van der Waals surface area contributed by atoms with E-state index in [1.807, 2.05) is 12.1 Å². The topological polar surface area (TPSA) is 105 Å². The molecule has 38 heavy (non-hydrogen) atoms. The lowest BCUT2D eigenvalue weighted by Crippen LogP contribution is -2.50. The predicted molar refractivity (Wildman–Crippen MR) is 144 cm³/mol. The fourth-order valence-corrected chi connectivity index (χ4v) is 6.21. The van der Waals surface area contributed by atoms with Crippen LogP contribution in [0.4, 0.5) is 5.69 Å². The number of primary amides is 1. The van der Waals surface area contributed by atoms with Crippen LogP contribution in [-0.4, -0.2) is 74.0 Å². The molecule has 1 saturated carbocycles. The van der Waals surface area contributed by atoms with Gasteiger partial charge in [-0.2, -0.15) is 0 Å². The summed E-state index contributed by atoms with van der Waals surface area (Å²) in [5.74, 6) is -0.186. The average molecular weight is 521 g/mol. The van der Waals surface area contributed by atoms with Gasteiger partial charge in [-0.15, -0.1) is 0 Å². The van der Waals surface area contributed by atoms with Crippen LogP contribution in [0.15, 0.2) is 36.4 Å². The molecular weight excluding hydrogens is 484 g/mol. The molecule has 0 spiro atoms. The molecule has 5 rings (SSSR count). The summed E-state index contributed by atoms with van der Waals surface area (Å²) in [6.45, 7) is 3.53. The third-order valence-electron chi connectivity index (χ3n) is 8.19. The predicted octanol–water partition coefficient (Wildman–Crippen LogP) is 3.37. The first-order valence-corrected chi connectivity index (χ1v) is 13.4. The summed E-state index contributed by atoms with van der Waals surface area (Å²) < 4.78 is 10.8. The Labute approximate surface area is 223 Å². The number of nitrogens with two attached hydrogens (primary N) is 1. The van der Waals surface area contributed by atoms with Gasteiger partial charge in [0.2, 0.25) is 5.91 Å². The molecule has 3 amide bonds. The molecule has 2 fully saturated rings. The van der Waals surface area contributed by atoms with Crippen LogP contribution in [0.2, 0.25) is 0 Å². The highest BCUT2D eigenvalue weighted by atomic mass is 16.5. The Morgan fingerprint density at radius 3 is 2.34 bits per heavy atom. The maximum absolute atomic E-state index is 14.0. The molecule has 2 aromatic carbocycles. The third-order valence-corrected chi connectivity index (χ3v) is 8.19. The van der Waals surface area contributed by atoms with Crippen molar-refractivity contribution in [2.24, 2.45) is 5.73 Å². The summed E-state index contributed by atoms with van der Waals surface area (Å²) in [4.78, 5) is 45.5. The molecule has 9 heteroatoms. The maximum atomic E-state index is 14.0. The number of rotatable bonds is 9. The molecule has 2 aliphatic heterocycles. The van der Waals surface area contributed by atoms with E-state index < -0.39 is 11.9 Å². The fraction of sp³-hybridized carbons (Fsp3) is 0.483. The maximum Gasteiger partial charge on any atom is 0.264 e. The molecule has 3 aliphatic rings. The van der Waals surface area contributed by atoms with Crippen molar-refractivity contribution in [1.82, 2.24) is 9.80 Å². The van der Waals surface area contributed by atoms with Gasteiger partial charge in [-0.3, -0.25) is 24.2 Å². The zero-order valence-electron chi connectivity index (χ0n) is 22.2. The monoisotopic (exact) mass is 520 g/mol. The van der Waals surface area contributed by atoms with E-state index >= 15 is 0 Å². The van der Waals surface area contributed by atoms with Gasteiger partial charge in [0, 0.05) is 38.6 Å². The van der Waals surface area contributed by atoms with E-state index in [0.717, 1.165) is 31.9 Å². The zero-order valence-corrected chi connectivity index (χ0v) is 22.2. The largest absolute Gasteiger partial charge is 0.493 e. The number of amides is 3. The van der Waals surface area contributed by atoms with Crippen LogP contribution in [0.3, 0.4) is 0 Å². The Kier molecular flexibility index (Phi) is 7.56. The van der Waals surface area contributed by atoms with Gasteiger partial charge in [-0.05, 0) is 49.1 Å². The number of carbonyl (C=O) groups excluding carboxylic acids is 3. The molecule has 1 saturated heterocycles. The summed E-state index contributed by atoms with van der Waals surface area (Å²) in [5, 5.41) is 0. The van der Waals surface area contributed by atoms with Gasteiger partial charge in [-0.25, -0.2) is 0 Å². The number of benzene rings is 2. The Morgan fingerprint density at radius 1 is 0.974 bits per heavy atom. The number of hydrogen-bond donors (Lipinski definition) is 1. The SMILES string of the molecule is COc1ccc(C(CCC(N)=O)N2C(=O)c3cccc(N4CCN(C5CCCC5)CC4)c3C2=O)cc1OC. The van der Waals surface area contributed by atoms with Gasteiger partial charge in [0.25, 0.3) is 11.8 Å². The van der Waals surface area contributed by atoms with Crippen LogP contribution in [0.5, 0.6) is 11.5 Å². The summed E-state index contributed by atoms with van der Waals surface area (Å²) >= 11 is 0.